The van der Waals surface area contributed by atoms with Crippen molar-refractivity contribution in [3.8, 4) is 5.75 Å². The molecule has 0 aromatic heterocycles. The van der Waals surface area contributed by atoms with Gasteiger partial charge in [0.25, 0.3) is 0 Å². The molecule has 1 amide bonds. The number of ether oxygens (including phenoxy) is 2. The number of methoxy groups -OCH3 is 1. The summed E-state index contributed by atoms with van der Waals surface area (Å²) in [5, 5.41) is 0. The van der Waals surface area contributed by atoms with Crippen LogP contribution in [0.4, 0.5) is 11.4 Å². The van der Waals surface area contributed by atoms with Crippen LogP contribution in [-0.2, 0) is 14.3 Å². The molecular formula is C14H18N2O4. The Morgan fingerprint density at radius 1 is 1.50 bits per heavy atom. The predicted octanol–water partition coefficient (Wildman–Crippen LogP) is 1.19. The molecule has 1 aromatic rings. The van der Waals surface area contributed by atoms with Crippen molar-refractivity contribution in [3.05, 3.63) is 18.2 Å². The van der Waals surface area contributed by atoms with Crippen LogP contribution >= 0.6 is 0 Å². The minimum Gasteiger partial charge on any atom is -0.495 e. The van der Waals surface area contributed by atoms with Crippen LogP contribution < -0.4 is 15.4 Å². The molecule has 0 bridgehead atoms. The van der Waals surface area contributed by atoms with Gasteiger partial charge in [-0.1, -0.05) is 0 Å². The fourth-order valence-electron chi connectivity index (χ4n) is 2.26. The van der Waals surface area contributed by atoms with E-state index in [0.29, 0.717) is 30.3 Å². The smallest absolute Gasteiger partial charge is 0.311 e. The SMILES string of the molecule is CCOC(=O)[C@H]1CC(=O)N(c2ccc(OC)c(N)c2)C1. The number of nitrogen functional groups attached to an aromatic ring is 1. The lowest BCUT2D eigenvalue weighted by Crippen LogP contribution is -2.26. The number of nitrogens with two attached hydrogens (primary N) is 1. The van der Waals surface area contributed by atoms with E-state index in [2.05, 4.69) is 0 Å². The predicted molar refractivity (Wildman–Crippen MR) is 74.5 cm³/mol. The maximum Gasteiger partial charge on any atom is 0.311 e. The normalized spacial score (nSPS) is 18.2. The molecule has 0 saturated carbocycles. The molecule has 1 aliphatic heterocycles. The summed E-state index contributed by atoms with van der Waals surface area (Å²) in [6, 6.07) is 5.13. The monoisotopic (exact) mass is 278 g/mol. The van der Waals surface area contributed by atoms with Crippen molar-refractivity contribution < 1.29 is 19.1 Å². The van der Waals surface area contributed by atoms with E-state index < -0.39 is 5.92 Å². The summed E-state index contributed by atoms with van der Waals surface area (Å²) in [6.45, 7) is 2.39. The highest BCUT2D eigenvalue weighted by molar-refractivity contribution is 5.99. The first-order valence-corrected chi connectivity index (χ1v) is 6.47. The van der Waals surface area contributed by atoms with Crippen molar-refractivity contribution >= 4 is 23.3 Å². The second-order valence-corrected chi connectivity index (χ2v) is 4.58. The molecule has 108 valence electrons. The van der Waals surface area contributed by atoms with Crippen molar-refractivity contribution in [1.82, 2.24) is 0 Å². The molecule has 0 spiro atoms. The lowest BCUT2D eigenvalue weighted by molar-refractivity contribution is -0.147. The van der Waals surface area contributed by atoms with E-state index in [0.717, 1.165) is 0 Å². The van der Waals surface area contributed by atoms with Crippen LogP contribution in [0.2, 0.25) is 0 Å². The summed E-state index contributed by atoms with van der Waals surface area (Å²) in [6.07, 6.45) is 0.171. The largest absolute Gasteiger partial charge is 0.495 e. The topological polar surface area (TPSA) is 81.9 Å². The van der Waals surface area contributed by atoms with Crippen LogP contribution in [0.25, 0.3) is 0 Å². The number of benzene rings is 1. The number of carbonyl (C=O) groups is 2. The third-order valence-corrected chi connectivity index (χ3v) is 3.27. The Hall–Kier alpha value is -2.24. The van der Waals surface area contributed by atoms with Gasteiger partial charge in [-0.25, -0.2) is 0 Å². The number of nitrogens with zero attached hydrogens (tertiary/aromatic N) is 1. The van der Waals surface area contributed by atoms with Crippen LogP contribution in [0.15, 0.2) is 18.2 Å². The number of carbonyl (C=O) groups excluding carboxylic acids is 2. The number of esters is 1. The van der Waals surface area contributed by atoms with Gasteiger partial charge >= 0.3 is 5.97 Å². The molecule has 6 nitrogen and oxygen atoms in total. The lowest BCUT2D eigenvalue weighted by Gasteiger charge is -2.17. The van der Waals surface area contributed by atoms with Gasteiger partial charge in [0.1, 0.15) is 5.75 Å². The highest BCUT2D eigenvalue weighted by atomic mass is 16.5. The fourth-order valence-corrected chi connectivity index (χ4v) is 2.26. The zero-order valence-electron chi connectivity index (χ0n) is 11.6. The zero-order chi connectivity index (χ0) is 14.7. The van der Waals surface area contributed by atoms with E-state index in [1.165, 1.54) is 7.11 Å². The average Bonchev–Trinajstić information content (AvgIpc) is 2.81. The Kier molecular flexibility index (Phi) is 4.12. The van der Waals surface area contributed by atoms with Gasteiger partial charge in [-0.3, -0.25) is 9.59 Å². The molecule has 1 aromatic carbocycles. The van der Waals surface area contributed by atoms with E-state index in [4.69, 9.17) is 15.2 Å². The van der Waals surface area contributed by atoms with Gasteiger partial charge in [0.05, 0.1) is 25.3 Å². The molecule has 0 aliphatic carbocycles. The fraction of sp³-hybridized carbons (Fsp3) is 0.429. The van der Waals surface area contributed by atoms with Crippen molar-refractivity contribution in [1.29, 1.82) is 0 Å². The molecule has 1 heterocycles. The van der Waals surface area contributed by atoms with Gasteiger partial charge in [-0.2, -0.15) is 0 Å². The summed E-state index contributed by atoms with van der Waals surface area (Å²) in [4.78, 5) is 25.2. The molecule has 1 fully saturated rings. The van der Waals surface area contributed by atoms with Crippen LogP contribution in [0.5, 0.6) is 5.75 Å². The first kappa shape index (κ1) is 14.2. The molecular weight excluding hydrogens is 260 g/mol. The number of amides is 1. The molecule has 1 atom stereocenters. The van der Waals surface area contributed by atoms with E-state index >= 15 is 0 Å². The van der Waals surface area contributed by atoms with Crippen molar-refractivity contribution in [2.45, 2.75) is 13.3 Å². The molecule has 1 saturated heterocycles. The molecule has 2 N–H and O–H groups in total. The minimum absolute atomic E-state index is 0.104. The van der Waals surface area contributed by atoms with Crippen LogP contribution in [0, 0.1) is 5.92 Å². The molecule has 0 radical (unpaired) electrons. The average molecular weight is 278 g/mol. The maximum atomic E-state index is 12.0. The second kappa shape index (κ2) is 5.81. The van der Waals surface area contributed by atoms with E-state index in [9.17, 15) is 9.59 Å². The van der Waals surface area contributed by atoms with Gasteiger partial charge < -0.3 is 20.1 Å². The quantitative estimate of drug-likeness (QED) is 0.661. The van der Waals surface area contributed by atoms with E-state index in [-0.39, 0.29) is 18.3 Å². The molecule has 20 heavy (non-hydrogen) atoms. The summed E-state index contributed by atoms with van der Waals surface area (Å²) < 4.78 is 10.0. The van der Waals surface area contributed by atoms with Crippen molar-refractivity contribution in [2.24, 2.45) is 5.92 Å². The number of hydrogen-bond donors (Lipinski definition) is 1. The highest BCUT2D eigenvalue weighted by Gasteiger charge is 2.36. The summed E-state index contributed by atoms with van der Waals surface area (Å²) in [7, 11) is 1.53. The number of rotatable bonds is 4. The van der Waals surface area contributed by atoms with Crippen LogP contribution in [-0.4, -0.2) is 32.1 Å². The third-order valence-electron chi connectivity index (χ3n) is 3.27. The Bertz CT molecular complexity index is 530. The van der Waals surface area contributed by atoms with E-state index in [1.807, 2.05) is 0 Å². The Morgan fingerprint density at radius 3 is 2.85 bits per heavy atom. The summed E-state index contributed by atoms with van der Waals surface area (Å²) in [5.41, 5.74) is 6.96. The second-order valence-electron chi connectivity index (χ2n) is 4.58. The Balaban J connectivity index is 2.15. The number of hydrogen-bond acceptors (Lipinski definition) is 5. The zero-order valence-corrected chi connectivity index (χ0v) is 11.6. The molecule has 6 heteroatoms. The van der Waals surface area contributed by atoms with Crippen LogP contribution in [0.3, 0.4) is 0 Å². The molecule has 1 aliphatic rings. The van der Waals surface area contributed by atoms with Gasteiger partial charge in [0.2, 0.25) is 5.91 Å². The van der Waals surface area contributed by atoms with Gasteiger partial charge in [0.15, 0.2) is 0 Å². The van der Waals surface area contributed by atoms with Crippen molar-refractivity contribution in [3.63, 3.8) is 0 Å². The first-order valence-electron chi connectivity index (χ1n) is 6.47. The minimum atomic E-state index is -0.411. The summed E-state index contributed by atoms with van der Waals surface area (Å²) in [5.74, 6) is -0.287. The van der Waals surface area contributed by atoms with Crippen LogP contribution in [0.1, 0.15) is 13.3 Å². The molecule has 0 unspecified atom stereocenters. The first-order chi connectivity index (χ1) is 9.56. The Labute approximate surface area is 117 Å². The van der Waals surface area contributed by atoms with Gasteiger partial charge in [-0.05, 0) is 25.1 Å². The third kappa shape index (κ3) is 2.68. The number of anilines is 2. The highest BCUT2D eigenvalue weighted by Crippen LogP contribution is 2.31. The Morgan fingerprint density at radius 2 is 2.25 bits per heavy atom. The van der Waals surface area contributed by atoms with Gasteiger partial charge in [-0.15, -0.1) is 0 Å². The lowest BCUT2D eigenvalue weighted by atomic mass is 10.1. The van der Waals surface area contributed by atoms with E-state index in [1.54, 1.807) is 30.0 Å². The molecule has 2 rings (SSSR count). The standard InChI is InChI=1S/C14H18N2O4/c1-3-20-14(18)9-6-13(17)16(8-9)10-4-5-12(19-2)11(15)7-10/h4-5,7,9H,3,6,8,15H2,1-2H3/t9-/m0/s1. The van der Waals surface area contributed by atoms with Crippen molar-refractivity contribution in [2.75, 3.05) is 30.9 Å². The summed E-state index contributed by atoms with van der Waals surface area (Å²) >= 11 is 0. The van der Waals surface area contributed by atoms with Gasteiger partial charge in [0, 0.05) is 18.7 Å². The maximum absolute atomic E-state index is 12.0.